The van der Waals surface area contributed by atoms with Gasteiger partial charge >= 0.3 is 0 Å². The Morgan fingerprint density at radius 2 is 2.27 bits per heavy atom. The monoisotopic (exact) mass is 323 g/mol. The standard InChI is InChI=1S/C17H26ClN3O/c1-3-19-17(20-11-14-7-5-9-16(14)22)21(2)12-13-6-4-8-15(18)10-13/h4,6,8,10,14,16,22H,3,5,7,9,11-12H2,1-2H3,(H,19,20). The van der Waals surface area contributed by atoms with E-state index in [0.29, 0.717) is 12.5 Å². The molecule has 0 saturated heterocycles. The molecule has 0 aliphatic heterocycles. The highest BCUT2D eigenvalue weighted by Gasteiger charge is 2.25. The molecule has 0 radical (unpaired) electrons. The Hall–Kier alpha value is -1.26. The second kappa shape index (κ2) is 8.39. The van der Waals surface area contributed by atoms with E-state index in [1.54, 1.807) is 0 Å². The predicted octanol–water partition coefficient (Wildman–Crippen LogP) is 2.90. The maximum Gasteiger partial charge on any atom is 0.193 e. The van der Waals surface area contributed by atoms with Gasteiger partial charge in [0.25, 0.3) is 0 Å². The van der Waals surface area contributed by atoms with Crippen LogP contribution in [0.1, 0.15) is 31.7 Å². The number of nitrogens with one attached hydrogen (secondary N) is 1. The third-order valence-electron chi connectivity index (χ3n) is 4.10. The van der Waals surface area contributed by atoms with Crippen molar-refractivity contribution in [1.82, 2.24) is 10.2 Å². The molecular formula is C17H26ClN3O. The van der Waals surface area contributed by atoms with E-state index in [4.69, 9.17) is 16.6 Å². The zero-order valence-corrected chi connectivity index (χ0v) is 14.2. The van der Waals surface area contributed by atoms with Crippen molar-refractivity contribution in [2.24, 2.45) is 10.9 Å². The van der Waals surface area contributed by atoms with Crippen molar-refractivity contribution < 1.29 is 5.11 Å². The van der Waals surface area contributed by atoms with Gasteiger partial charge in [-0.1, -0.05) is 30.2 Å². The number of halogens is 1. The van der Waals surface area contributed by atoms with Gasteiger partial charge in [-0.3, -0.25) is 4.99 Å². The van der Waals surface area contributed by atoms with Crippen molar-refractivity contribution >= 4 is 17.6 Å². The van der Waals surface area contributed by atoms with E-state index in [-0.39, 0.29) is 6.10 Å². The summed E-state index contributed by atoms with van der Waals surface area (Å²) in [6.07, 6.45) is 2.90. The van der Waals surface area contributed by atoms with Gasteiger partial charge in [-0.15, -0.1) is 0 Å². The average molecular weight is 324 g/mol. The highest BCUT2D eigenvalue weighted by Crippen LogP contribution is 2.25. The zero-order valence-electron chi connectivity index (χ0n) is 13.4. The first-order valence-electron chi connectivity index (χ1n) is 8.02. The number of hydrogen-bond donors (Lipinski definition) is 2. The van der Waals surface area contributed by atoms with Gasteiger partial charge in [-0.25, -0.2) is 0 Å². The molecule has 22 heavy (non-hydrogen) atoms. The van der Waals surface area contributed by atoms with Gasteiger partial charge in [-0.05, 0) is 37.5 Å². The van der Waals surface area contributed by atoms with Crippen molar-refractivity contribution in [3.8, 4) is 0 Å². The molecule has 0 heterocycles. The lowest BCUT2D eigenvalue weighted by atomic mass is 10.1. The van der Waals surface area contributed by atoms with Crippen molar-refractivity contribution in [1.29, 1.82) is 0 Å². The summed E-state index contributed by atoms with van der Waals surface area (Å²) in [5.41, 5.74) is 1.15. The number of rotatable bonds is 5. The molecule has 4 nitrogen and oxygen atoms in total. The highest BCUT2D eigenvalue weighted by atomic mass is 35.5. The van der Waals surface area contributed by atoms with Gasteiger partial charge < -0.3 is 15.3 Å². The van der Waals surface area contributed by atoms with E-state index < -0.39 is 0 Å². The van der Waals surface area contributed by atoms with Gasteiger partial charge in [0.1, 0.15) is 0 Å². The average Bonchev–Trinajstić information content (AvgIpc) is 2.88. The lowest BCUT2D eigenvalue weighted by Crippen LogP contribution is -2.39. The molecule has 2 unspecified atom stereocenters. The summed E-state index contributed by atoms with van der Waals surface area (Å²) in [6, 6.07) is 7.88. The molecule has 0 amide bonds. The van der Waals surface area contributed by atoms with Crippen LogP contribution < -0.4 is 5.32 Å². The summed E-state index contributed by atoms with van der Waals surface area (Å²) in [5, 5.41) is 14.0. The minimum Gasteiger partial charge on any atom is -0.393 e. The van der Waals surface area contributed by atoms with Crippen LogP contribution in [0.15, 0.2) is 29.3 Å². The van der Waals surface area contributed by atoms with Gasteiger partial charge in [-0.2, -0.15) is 0 Å². The molecule has 5 heteroatoms. The second-order valence-corrected chi connectivity index (χ2v) is 6.38. The Balaban J connectivity index is 1.99. The Bertz CT molecular complexity index is 506. The second-order valence-electron chi connectivity index (χ2n) is 5.94. The minimum absolute atomic E-state index is 0.190. The first-order chi connectivity index (χ1) is 10.6. The predicted molar refractivity (Wildman–Crippen MR) is 92.2 cm³/mol. The third kappa shape index (κ3) is 4.89. The number of benzene rings is 1. The van der Waals surface area contributed by atoms with E-state index in [9.17, 15) is 5.11 Å². The van der Waals surface area contributed by atoms with Crippen molar-refractivity contribution in [3.05, 3.63) is 34.9 Å². The summed E-state index contributed by atoms with van der Waals surface area (Å²) >= 11 is 6.04. The van der Waals surface area contributed by atoms with E-state index in [2.05, 4.69) is 23.2 Å². The molecule has 1 aromatic carbocycles. The van der Waals surface area contributed by atoms with Crippen LogP contribution in [0.4, 0.5) is 0 Å². The summed E-state index contributed by atoms with van der Waals surface area (Å²) < 4.78 is 0. The van der Waals surface area contributed by atoms with E-state index in [1.807, 2.05) is 25.2 Å². The Morgan fingerprint density at radius 1 is 1.45 bits per heavy atom. The van der Waals surface area contributed by atoms with Gasteiger partial charge in [0, 0.05) is 37.6 Å². The number of aliphatic imine (C=N–C) groups is 1. The fraction of sp³-hybridized carbons (Fsp3) is 0.588. The SMILES string of the molecule is CCNC(=NCC1CCCC1O)N(C)Cc1cccc(Cl)c1. The molecule has 1 aliphatic carbocycles. The van der Waals surface area contributed by atoms with Crippen LogP contribution in [0.5, 0.6) is 0 Å². The highest BCUT2D eigenvalue weighted by molar-refractivity contribution is 6.30. The molecule has 2 N–H and O–H groups in total. The number of nitrogens with zero attached hydrogens (tertiary/aromatic N) is 2. The molecule has 1 aromatic rings. The van der Waals surface area contributed by atoms with E-state index in [1.165, 1.54) is 0 Å². The Kier molecular flexibility index (Phi) is 6.52. The maximum absolute atomic E-state index is 9.92. The topological polar surface area (TPSA) is 47.9 Å². The first-order valence-corrected chi connectivity index (χ1v) is 8.40. The van der Waals surface area contributed by atoms with E-state index in [0.717, 1.165) is 48.9 Å². The van der Waals surface area contributed by atoms with Crippen LogP contribution in [0.2, 0.25) is 5.02 Å². The molecular weight excluding hydrogens is 298 g/mol. The molecule has 2 atom stereocenters. The Morgan fingerprint density at radius 3 is 2.91 bits per heavy atom. The fourth-order valence-corrected chi connectivity index (χ4v) is 3.10. The lowest BCUT2D eigenvalue weighted by Gasteiger charge is -2.23. The molecule has 2 rings (SSSR count). The maximum atomic E-state index is 9.92. The fourth-order valence-electron chi connectivity index (χ4n) is 2.89. The lowest BCUT2D eigenvalue weighted by molar-refractivity contribution is 0.136. The normalized spacial score (nSPS) is 21.9. The Labute approximate surface area is 138 Å². The summed E-state index contributed by atoms with van der Waals surface area (Å²) in [6.45, 7) is 4.32. The van der Waals surface area contributed by atoms with Crippen molar-refractivity contribution in [2.45, 2.75) is 38.8 Å². The van der Waals surface area contributed by atoms with E-state index >= 15 is 0 Å². The first kappa shape index (κ1) is 17.1. The summed E-state index contributed by atoms with van der Waals surface area (Å²) in [7, 11) is 2.02. The zero-order chi connectivity index (χ0) is 15.9. The van der Waals surface area contributed by atoms with Crippen LogP contribution in [-0.2, 0) is 6.54 Å². The van der Waals surface area contributed by atoms with Crippen LogP contribution >= 0.6 is 11.6 Å². The van der Waals surface area contributed by atoms with Gasteiger partial charge in [0.2, 0.25) is 0 Å². The number of aliphatic hydroxyl groups is 1. The van der Waals surface area contributed by atoms with Crippen LogP contribution in [0.25, 0.3) is 0 Å². The van der Waals surface area contributed by atoms with Crippen molar-refractivity contribution in [3.63, 3.8) is 0 Å². The molecule has 1 fully saturated rings. The molecule has 122 valence electrons. The van der Waals surface area contributed by atoms with Gasteiger partial charge in [0.15, 0.2) is 5.96 Å². The quantitative estimate of drug-likeness (QED) is 0.647. The van der Waals surface area contributed by atoms with Crippen molar-refractivity contribution in [2.75, 3.05) is 20.1 Å². The molecule has 1 saturated carbocycles. The largest absolute Gasteiger partial charge is 0.393 e. The number of hydrogen-bond acceptors (Lipinski definition) is 2. The summed E-state index contributed by atoms with van der Waals surface area (Å²) in [4.78, 5) is 6.80. The number of aliphatic hydroxyl groups excluding tert-OH is 1. The van der Waals surface area contributed by atoms with Crippen LogP contribution in [0, 0.1) is 5.92 Å². The van der Waals surface area contributed by atoms with Crippen LogP contribution in [-0.4, -0.2) is 42.2 Å². The van der Waals surface area contributed by atoms with Gasteiger partial charge in [0.05, 0.1) is 6.10 Å². The molecule has 0 spiro atoms. The molecule has 0 aromatic heterocycles. The van der Waals surface area contributed by atoms with Crippen LogP contribution in [0.3, 0.4) is 0 Å². The number of guanidine groups is 1. The minimum atomic E-state index is -0.190. The summed E-state index contributed by atoms with van der Waals surface area (Å²) in [5.74, 6) is 1.18. The molecule has 0 bridgehead atoms. The molecule has 1 aliphatic rings. The smallest absolute Gasteiger partial charge is 0.193 e. The third-order valence-corrected chi connectivity index (χ3v) is 4.33.